The summed E-state index contributed by atoms with van der Waals surface area (Å²) in [5.41, 5.74) is 6.40. The Bertz CT molecular complexity index is 269. The molecule has 0 bridgehead atoms. The molecular weight excluding hydrogens is 253 g/mol. The van der Waals surface area contributed by atoms with E-state index in [1.807, 2.05) is 12.1 Å². The van der Waals surface area contributed by atoms with Crippen molar-refractivity contribution in [2.75, 3.05) is 13.2 Å². The minimum Gasteiger partial charge on any atom is -0.396 e. The lowest BCUT2D eigenvalue weighted by molar-refractivity contribution is 0.267. The van der Waals surface area contributed by atoms with Gasteiger partial charge in [0.05, 0.1) is 6.61 Å². The minimum absolute atomic E-state index is 0.0127. The fourth-order valence-corrected chi connectivity index (χ4v) is 2.32. The van der Waals surface area contributed by atoms with Gasteiger partial charge in [0.2, 0.25) is 0 Å². The van der Waals surface area contributed by atoms with E-state index in [1.54, 1.807) is 6.07 Å². The monoisotopic (exact) mass is 263 g/mol. The number of nitrogens with two attached hydrogens (primary N) is 1. The molecule has 4 heteroatoms. The molecule has 0 aliphatic heterocycles. The molecule has 0 aromatic heterocycles. The van der Waals surface area contributed by atoms with E-state index in [0.29, 0.717) is 11.6 Å². The van der Waals surface area contributed by atoms with Crippen LogP contribution in [0.2, 0.25) is 5.02 Å². The van der Waals surface area contributed by atoms with Crippen LogP contribution in [0.15, 0.2) is 22.7 Å². The topological polar surface area (TPSA) is 46.2 Å². The third kappa shape index (κ3) is 2.44. The van der Waals surface area contributed by atoms with E-state index in [1.165, 1.54) is 0 Å². The number of hydrogen-bond donors (Lipinski definition) is 2. The van der Waals surface area contributed by atoms with Crippen molar-refractivity contribution in [1.82, 2.24) is 0 Å². The summed E-state index contributed by atoms with van der Waals surface area (Å²) in [5.74, 6) is -0.0944. The zero-order chi connectivity index (χ0) is 9.84. The molecule has 1 atom stereocenters. The number of benzene rings is 1. The van der Waals surface area contributed by atoms with Crippen molar-refractivity contribution < 1.29 is 5.11 Å². The van der Waals surface area contributed by atoms with E-state index >= 15 is 0 Å². The first-order valence-corrected chi connectivity index (χ1v) is 5.12. The van der Waals surface area contributed by atoms with Gasteiger partial charge in [-0.05, 0) is 17.7 Å². The Kier molecular flexibility index (Phi) is 4.19. The van der Waals surface area contributed by atoms with Gasteiger partial charge in [-0.3, -0.25) is 0 Å². The van der Waals surface area contributed by atoms with E-state index in [9.17, 15) is 0 Å². The van der Waals surface area contributed by atoms with Crippen LogP contribution in [0.3, 0.4) is 0 Å². The maximum Gasteiger partial charge on any atom is 0.0512 e. The highest BCUT2D eigenvalue weighted by molar-refractivity contribution is 9.10. The van der Waals surface area contributed by atoms with Crippen LogP contribution >= 0.6 is 27.5 Å². The summed E-state index contributed by atoms with van der Waals surface area (Å²) in [5, 5.41) is 9.71. The SMILES string of the molecule is NCC(CO)c1c(Cl)cccc1Br. The Hall–Kier alpha value is -0.0900. The number of hydrogen-bond acceptors (Lipinski definition) is 2. The van der Waals surface area contributed by atoms with Gasteiger partial charge in [0.25, 0.3) is 0 Å². The molecule has 0 amide bonds. The fourth-order valence-electron chi connectivity index (χ4n) is 1.18. The molecule has 1 aromatic carbocycles. The summed E-state index contributed by atoms with van der Waals surface area (Å²) in [4.78, 5) is 0. The van der Waals surface area contributed by atoms with Crippen molar-refractivity contribution in [2.24, 2.45) is 5.73 Å². The van der Waals surface area contributed by atoms with E-state index in [0.717, 1.165) is 10.0 Å². The first-order valence-electron chi connectivity index (χ1n) is 3.95. The summed E-state index contributed by atoms with van der Waals surface area (Å²) in [7, 11) is 0. The number of aliphatic hydroxyl groups is 1. The van der Waals surface area contributed by atoms with Crippen LogP contribution in [0.25, 0.3) is 0 Å². The van der Waals surface area contributed by atoms with Crippen molar-refractivity contribution in [3.8, 4) is 0 Å². The molecule has 72 valence electrons. The van der Waals surface area contributed by atoms with Gasteiger partial charge in [-0.2, -0.15) is 0 Å². The van der Waals surface area contributed by atoms with Crippen LogP contribution in [0.4, 0.5) is 0 Å². The van der Waals surface area contributed by atoms with Crippen molar-refractivity contribution in [3.05, 3.63) is 33.3 Å². The molecule has 0 radical (unpaired) electrons. The zero-order valence-corrected chi connectivity index (χ0v) is 9.35. The van der Waals surface area contributed by atoms with E-state index < -0.39 is 0 Å². The lowest BCUT2D eigenvalue weighted by atomic mass is 10.0. The Balaban J connectivity index is 3.10. The number of halogens is 2. The summed E-state index contributed by atoms with van der Waals surface area (Å²) in [6.45, 7) is 0.400. The van der Waals surface area contributed by atoms with E-state index in [4.69, 9.17) is 22.4 Å². The third-order valence-corrected chi connectivity index (χ3v) is 2.93. The Morgan fingerprint density at radius 2 is 2.23 bits per heavy atom. The molecule has 0 spiro atoms. The largest absolute Gasteiger partial charge is 0.396 e. The van der Waals surface area contributed by atoms with Gasteiger partial charge in [-0.15, -0.1) is 0 Å². The molecule has 0 heterocycles. The van der Waals surface area contributed by atoms with Gasteiger partial charge < -0.3 is 10.8 Å². The molecular formula is C9H11BrClNO. The highest BCUT2D eigenvalue weighted by Gasteiger charge is 2.14. The van der Waals surface area contributed by atoms with Crippen LogP contribution in [-0.2, 0) is 0 Å². The Morgan fingerprint density at radius 1 is 1.54 bits per heavy atom. The fraction of sp³-hybridized carbons (Fsp3) is 0.333. The first-order chi connectivity index (χ1) is 6.20. The summed E-state index contributed by atoms with van der Waals surface area (Å²) < 4.78 is 0.893. The normalized spacial score (nSPS) is 12.9. The zero-order valence-electron chi connectivity index (χ0n) is 7.00. The van der Waals surface area contributed by atoms with Gasteiger partial charge in [-0.1, -0.05) is 33.6 Å². The van der Waals surface area contributed by atoms with E-state index in [2.05, 4.69) is 15.9 Å². The predicted octanol–water partition coefficient (Wildman–Crippen LogP) is 2.14. The predicted molar refractivity (Wildman–Crippen MR) is 58.0 cm³/mol. The van der Waals surface area contributed by atoms with Crippen molar-refractivity contribution >= 4 is 27.5 Å². The van der Waals surface area contributed by atoms with Crippen molar-refractivity contribution in [1.29, 1.82) is 0 Å². The molecule has 0 aliphatic rings. The Morgan fingerprint density at radius 3 is 2.69 bits per heavy atom. The van der Waals surface area contributed by atoms with Crippen molar-refractivity contribution in [3.63, 3.8) is 0 Å². The van der Waals surface area contributed by atoms with Gasteiger partial charge in [-0.25, -0.2) is 0 Å². The molecule has 0 saturated heterocycles. The maximum absolute atomic E-state index is 9.07. The first kappa shape index (κ1) is 11.0. The second-order valence-corrected chi connectivity index (χ2v) is 4.01. The summed E-state index contributed by atoms with van der Waals surface area (Å²) in [6, 6.07) is 5.53. The van der Waals surface area contributed by atoms with Crippen LogP contribution in [0.1, 0.15) is 11.5 Å². The van der Waals surface area contributed by atoms with Gasteiger partial charge in [0, 0.05) is 22.0 Å². The van der Waals surface area contributed by atoms with Crippen molar-refractivity contribution in [2.45, 2.75) is 5.92 Å². The van der Waals surface area contributed by atoms with Gasteiger partial charge >= 0.3 is 0 Å². The van der Waals surface area contributed by atoms with Gasteiger partial charge in [0.1, 0.15) is 0 Å². The molecule has 3 N–H and O–H groups in total. The van der Waals surface area contributed by atoms with Crippen LogP contribution in [-0.4, -0.2) is 18.3 Å². The summed E-state index contributed by atoms with van der Waals surface area (Å²) >= 11 is 9.36. The standard InChI is InChI=1S/C9H11BrClNO/c10-7-2-1-3-8(11)9(7)6(4-12)5-13/h1-3,6,13H,4-5,12H2. The highest BCUT2D eigenvalue weighted by atomic mass is 79.9. The second kappa shape index (κ2) is 4.96. The average Bonchev–Trinajstić information content (AvgIpc) is 2.11. The van der Waals surface area contributed by atoms with Crippen LogP contribution < -0.4 is 5.73 Å². The third-order valence-electron chi connectivity index (χ3n) is 1.91. The van der Waals surface area contributed by atoms with Gasteiger partial charge in [0.15, 0.2) is 0 Å². The van der Waals surface area contributed by atoms with E-state index in [-0.39, 0.29) is 12.5 Å². The second-order valence-electron chi connectivity index (χ2n) is 2.75. The molecule has 2 nitrogen and oxygen atoms in total. The molecule has 1 unspecified atom stereocenters. The lowest BCUT2D eigenvalue weighted by Gasteiger charge is -2.15. The summed E-state index contributed by atoms with van der Waals surface area (Å²) in [6.07, 6.45) is 0. The smallest absolute Gasteiger partial charge is 0.0512 e. The molecule has 0 saturated carbocycles. The average molecular weight is 265 g/mol. The molecule has 1 rings (SSSR count). The minimum atomic E-state index is -0.0944. The highest BCUT2D eigenvalue weighted by Crippen LogP contribution is 2.30. The van der Waals surface area contributed by atoms with Crippen LogP contribution in [0.5, 0.6) is 0 Å². The molecule has 13 heavy (non-hydrogen) atoms. The van der Waals surface area contributed by atoms with Crippen LogP contribution in [0, 0.1) is 0 Å². The molecule has 1 aromatic rings. The molecule has 0 aliphatic carbocycles. The number of aliphatic hydroxyl groups excluding tert-OH is 1. The molecule has 0 fully saturated rings. The number of rotatable bonds is 3. The lowest BCUT2D eigenvalue weighted by Crippen LogP contribution is -2.16. The quantitative estimate of drug-likeness (QED) is 0.879. The Labute approximate surface area is 90.8 Å². The maximum atomic E-state index is 9.07.